The number of fused-ring (bicyclic) bond motifs is 4. The molecule has 0 saturated heterocycles. The van der Waals surface area contributed by atoms with Gasteiger partial charge in [0.1, 0.15) is 5.52 Å². The third-order valence-corrected chi connectivity index (χ3v) is 3.52. The van der Waals surface area contributed by atoms with Crippen molar-refractivity contribution in [3.8, 4) is 0 Å². The Balaban J connectivity index is 2.30. The predicted octanol–water partition coefficient (Wildman–Crippen LogP) is 3.84. The number of benzene rings is 3. The molecule has 0 aliphatic rings. The van der Waals surface area contributed by atoms with E-state index in [4.69, 9.17) is 0 Å². The van der Waals surface area contributed by atoms with Crippen molar-refractivity contribution in [3.63, 3.8) is 0 Å². The fraction of sp³-hybridized carbons (Fsp3) is 0. The van der Waals surface area contributed by atoms with Crippen LogP contribution in [0.3, 0.4) is 0 Å². The van der Waals surface area contributed by atoms with Gasteiger partial charge in [-0.2, -0.15) is 0 Å². The summed E-state index contributed by atoms with van der Waals surface area (Å²) in [5.74, 6) is 0. The van der Waals surface area contributed by atoms with Crippen LogP contribution in [0.1, 0.15) is 0 Å². The van der Waals surface area contributed by atoms with Crippen LogP contribution in [0.2, 0.25) is 0 Å². The zero-order valence-electron chi connectivity index (χ0n) is 10.9. The number of aromatic nitrogens is 2. The first-order chi connectivity index (χ1) is 10.2. The third-order valence-electron chi connectivity index (χ3n) is 3.52. The average molecular weight is 275 g/mol. The minimum absolute atomic E-state index is 0.0121. The Morgan fingerprint density at radius 2 is 1.48 bits per heavy atom. The highest BCUT2D eigenvalue weighted by Gasteiger charge is 2.18. The molecule has 0 atom stereocenters. The molecule has 0 bridgehead atoms. The van der Waals surface area contributed by atoms with E-state index in [0.29, 0.717) is 16.6 Å². The van der Waals surface area contributed by atoms with Crippen molar-refractivity contribution in [3.05, 3.63) is 64.7 Å². The first-order valence-corrected chi connectivity index (χ1v) is 6.47. The van der Waals surface area contributed by atoms with Crippen LogP contribution < -0.4 is 0 Å². The molecule has 4 rings (SSSR count). The van der Waals surface area contributed by atoms with E-state index >= 15 is 0 Å². The smallest absolute Gasteiger partial charge is 0.258 e. The lowest BCUT2D eigenvalue weighted by atomic mass is 10.1. The van der Waals surface area contributed by atoms with Gasteiger partial charge in [-0.1, -0.05) is 36.4 Å². The van der Waals surface area contributed by atoms with Gasteiger partial charge >= 0.3 is 0 Å². The lowest BCUT2D eigenvalue weighted by Crippen LogP contribution is -1.95. The Kier molecular flexibility index (Phi) is 2.35. The van der Waals surface area contributed by atoms with Gasteiger partial charge in [0, 0.05) is 11.5 Å². The van der Waals surface area contributed by atoms with Gasteiger partial charge in [-0.15, -0.1) is 0 Å². The van der Waals surface area contributed by atoms with E-state index in [-0.39, 0.29) is 5.69 Å². The Morgan fingerprint density at radius 3 is 2.19 bits per heavy atom. The summed E-state index contributed by atoms with van der Waals surface area (Å²) in [6, 6.07) is 16.4. The molecule has 5 nitrogen and oxygen atoms in total. The van der Waals surface area contributed by atoms with Gasteiger partial charge < -0.3 is 0 Å². The van der Waals surface area contributed by atoms with Crippen molar-refractivity contribution in [2.45, 2.75) is 0 Å². The van der Waals surface area contributed by atoms with Gasteiger partial charge in [0.2, 0.25) is 0 Å². The SMILES string of the molecule is O=[N+]([O-])c1cc2ccccc2c2nc3ccccc3nc12. The molecule has 100 valence electrons. The lowest BCUT2D eigenvalue weighted by molar-refractivity contribution is -0.383. The maximum Gasteiger partial charge on any atom is 0.297 e. The van der Waals surface area contributed by atoms with Crippen molar-refractivity contribution in [2.24, 2.45) is 0 Å². The molecule has 0 aliphatic heterocycles. The first-order valence-electron chi connectivity index (χ1n) is 6.47. The summed E-state index contributed by atoms with van der Waals surface area (Å²) in [6.07, 6.45) is 0. The minimum Gasteiger partial charge on any atom is -0.258 e. The van der Waals surface area contributed by atoms with E-state index in [1.807, 2.05) is 42.5 Å². The summed E-state index contributed by atoms with van der Waals surface area (Å²) < 4.78 is 0. The monoisotopic (exact) mass is 275 g/mol. The number of nitro benzene ring substituents is 1. The van der Waals surface area contributed by atoms with Crippen LogP contribution in [-0.4, -0.2) is 14.9 Å². The van der Waals surface area contributed by atoms with Crippen LogP contribution in [0, 0.1) is 10.1 Å². The molecule has 0 fully saturated rings. The van der Waals surface area contributed by atoms with Gasteiger partial charge in [0.15, 0.2) is 5.52 Å². The predicted molar refractivity (Wildman–Crippen MR) is 81.2 cm³/mol. The van der Waals surface area contributed by atoms with Crippen molar-refractivity contribution in [1.29, 1.82) is 0 Å². The van der Waals surface area contributed by atoms with Gasteiger partial charge in [-0.05, 0) is 17.5 Å². The number of non-ortho nitro benzene ring substituents is 1. The van der Waals surface area contributed by atoms with E-state index in [2.05, 4.69) is 9.97 Å². The molecule has 0 N–H and O–H groups in total. The van der Waals surface area contributed by atoms with E-state index < -0.39 is 4.92 Å². The summed E-state index contributed by atoms with van der Waals surface area (Å²) in [6.45, 7) is 0. The minimum atomic E-state index is -0.405. The molecule has 0 saturated carbocycles. The number of hydrogen-bond acceptors (Lipinski definition) is 4. The topological polar surface area (TPSA) is 68.9 Å². The van der Waals surface area contributed by atoms with Crippen LogP contribution in [0.25, 0.3) is 32.8 Å². The summed E-state index contributed by atoms with van der Waals surface area (Å²) in [7, 11) is 0. The molecular weight excluding hydrogens is 266 g/mol. The highest BCUT2D eigenvalue weighted by atomic mass is 16.6. The Morgan fingerprint density at radius 1 is 0.857 bits per heavy atom. The Labute approximate surface area is 119 Å². The first kappa shape index (κ1) is 11.7. The molecule has 0 aliphatic carbocycles. The number of nitrogens with zero attached hydrogens (tertiary/aromatic N) is 3. The Bertz CT molecular complexity index is 1030. The maximum atomic E-state index is 11.3. The van der Waals surface area contributed by atoms with E-state index in [9.17, 15) is 10.1 Å². The molecule has 0 unspecified atom stereocenters. The van der Waals surface area contributed by atoms with Crippen LogP contribution in [0.15, 0.2) is 54.6 Å². The summed E-state index contributed by atoms with van der Waals surface area (Å²) >= 11 is 0. The molecular formula is C16H9N3O2. The third kappa shape index (κ3) is 1.71. The summed E-state index contributed by atoms with van der Waals surface area (Å²) in [4.78, 5) is 20.0. The highest BCUT2D eigenvalue weighted by Crippen LogP contribution is 2.32. The van der Waals surface area contributed by atoms with Crippen molar-refractivity contribution >= 4 is 38.5 Å². The fourth-order valence-corrected chi connectivity index (χ4v) is 2.56. The normalized spacial score (nSPS) is 11.2. The second-order valence-corrected chi connectivity index (χ2v) is 4.78. The van der Waals surface area contributed by atoms with Gasteiger partial charge in [-0.25, -0.2) is 9.97 Å². The highest BCUT2D eigenvalue weighted by molar-refractivity contribution is 6.09. The molecule has 1 aromatic heterocycles. The second kappa shape index (κ2) is 4.21. The van der Waals surface area contributed by atoms with Crippen molar-refractivity contribution in [1.82, 2.24) is 9.97 Å². The second-order valence-electron chi connectivity index (χ2n) is 4.78. The van der Waals surface area contributed by atoms with Crippen molar-refractivity contribution in [2.75, 3.05) is 0 Å². The number of nitro groups is 1. The molecule has 0 spiro atoms. The van der Waals surface area contributed by atoms with E-state index in [1.165, 1.54) is 0 Å². The number of rotatable bonds is 1. The Hall–Kier alpha value is -3.08. The lowest BCUT2D eigenvalue weighted by Gasteiger charge is -2.05. The van der Waals surface area contributed by atoms with Gasteiger partial charge in [-0.3, -0.25) is 10.1 Å². The van der Waals surface area contributed by atoms with Crippen LogP contribution >= 0.6 is 0 Å². The molecule has 3 aromatic carbocycles. The number of para-hydroxylation sites is 2. The van der Waals surface area contributed by atoms with Crippen molar-refractivity contribution < 1.29 is 4.92 Å². The van der Waals surface area contributed by atoms with Crippen LogP contribution in [0.5, 0.6) is 0 Å². The van der Waals surface area contributed by atoms with Gasteiger partial charge in [0.05, 0.1) is 16.0 Å². The van der Waals surface area contributed by atoms with Crippen LogP contribution in [0.4, 0.5) is 5.69 Å². The molecule has 1 heterocycles. The van der Waals surface area contributed by atoms with Gasteiger partial charge in [0.25, 0.3) is 5.69 Å². The largest absolute Gasteiger partial charge is 0.297 e. The molecule has 21 heavy (non-hydrogen) atoms. The average Bonchev–Trinajstić information content (AvgIpc) is 2.52. The standard InChI is InChI=1S/C16H9N3O2/c20-19(21)14-9-10-5-1-2-6-11(10)15-16(14)18-13-8-4-3-7-12(13)17-15/h1-9H. The molecule has 4 aromatic rings. The van der Waals surface area contributed by atoms with Crippen LogP contribution in [-0.2, 0) is 0 Å². The number of hydrogen-bond donors (Lipinski definition) is 0. The summed E-state index contributed by atoms with van der Waals surface area (Å²) in [5, 5.41) is 13.0. The zero-order valence-corrected chi connectivity index (χ0v) is 10.9. The van der Waals surface area contributed by atoms with E-state index in [1.54, 1.807) is 12.1 Å². The quantitative estimate of drug-likeness (QED) is 0.229. The zero-order chi connectivity index (χ0) is 14.4. The maximum absolute atomic E-state index is 11.3. The van der Waals surface area contributed by atoms with E-state index in [0.717, 1.165) is 16.3 Å². The molecule has 5 heteroatoms. The summed E-state index contributed by atoms with van der Waals surface area (Å²) in [5.41, 5.74) is 2.27. The fourth-order valence-electron chi connectivity index (χ4n) is 2.56. The molecule has 0 amide bonds. The molecule has 0 radical (unpaired) electrons.